The van der Waals surface area contributed by atoms with Crippen LogP contribution in [0.1, 0.15) is 50.9 Å². The van der Waals surface area contributed by atoms with Crippen molar-refractivity contribution >= 4 is 44.9 Å². The van der Waals surface area contributed by atoms with E-state index >= 15 is 0 Å². The van der Waals surface area contributed by atoms with Crippen molar-refractivity contribution in [3.63, 3.8) is 0 Å². The fraction of sp³-hybridized carbons (Fsp3) is 0.391. The summed E-state index contributed by atoms with van der Waals surface area (Å²) in [5.74, 6) is 1.79. The minimum absolute atomic E-state index is 0.162. The Labute approximate surface area is 192 Å². The number of hydrogen-bond donors (Lipinski definition) is 2. The zero-order chi connectivity index (χ0) is 22.1. The highest BCUT2D eigenvalue weighted by atomic mass is 79.9. The fourth-order valence-electron chi connectivity index (χ4n) is 2.43. The molecule has 2 N–H and O–H groups in total. The summed E-state index contributed by atoms with van der Waals surface area (Å²) in [6.07, 6.45) is 2.08. The number of nitrogens with one attached hydrogen (secondary N) is 2. The number of benzene rings is 2. The monoisotopic (exact) mass is 492 g/mol. The van der Waals surface area contributed by atoms with Crippen molar-refractivity contribution in [1.82, 2.24) is 5.32 Å². The zero-order valence-corrected chi connectivity index (χ0v) is 20.2. The van der Waals surface area contributed by atoms with Crippen molar-refractivity contribution in [2.24, 2.45) is 5.92 Å². The molecule has 1 atom stereocenters. The van der Waals surface area contributed by atoms with Crippen LogP contribution in [0.5, 0.6) is 11.5 Å². The van der Waals surface area contributed by atoms with Crippen LogP contribution in [0.4, 0.5) is 5.69 Å². The molecule has 0 saturated heterocycles. The minimum Gasteiger partial charge on any atom is -0.492 e. The van der Waals surface area contributed by atoms with Gasteiger partial charge >= 0.3 is 0 Å². The maximum atomic E-state index is 12.5. The largest absolute Gasteiger partial charge is 0.492 e. The number of thiocarbonyl (C=S) groups is 1. The van der Waals surface area contributed by atoms with Gasteiger partial charge in [-0.3, -0.25) is 10.1 Å². The van der Waals surface area contributed by atoms with E-state index in [-0.39, 0.29) is 17.1 Å². The minimum atomic E-state index is -0.293. The second-order valence-corrected chi connectivity index (χ2v) is 8.71. The average molecular weight is 493 g/mol. The van der Waals surface area contributed by atoms with Gasteiger partial charge in [-0.15, -0.1) is 0 Å². The van der Waals surface area contributed by atoms with Gasteiger partial charge in [-0.1, -0.05) is 20.8 Å². The van der Waals surface area contributed by atoms with Crippen molar-refractivity contribution in [3.05, 3.63) is 52.5 Å². The zero-order valence-electron chi connectivity index (χ0n) is 17.8. The highest BCUT2D eigenvalue weighted by Gasteiger charge is 2.11. The Morgan fingerprint density at radius 3 is 2.43 bits per heavy atom. The molecule has 2 rings (SSSR count). The highest BCUT2D eigenvalue weighted by Crippen LogP contribution is 2.26. The van der Waals surface area contributed by atoms with Crippen LogP contribution in [0.3, 0.4) is 0 Å². The Bertz CT molecular complexity index is 856. The second kappa shape index (κ2) is 11.9. The maximum Gasteiger partial charge on any atom is 0.257 e. The average Bonchev–Trinajstić information content (AvgIpc) is 2.70. The number of amides is 1. The van der Waals surface area contributed by atoms with Crippen molar-refractivity contribution < 1.29 is 14.3 Å². The number of ether oxygens (including phenoxy) is 2. The van der Waals surface area contributed by atoms with E-state index in [1.54, 1.807) is 18.2 Å². The van der Waals surface area contributed by atoms with Crippen molar-refractivity contribution in [2.75, 3.05) is 11.9 Å². The van der Waals surface area contributed by atoms with Crippen LogP contribution < -0.4 is 20.1 Å². The molecule has 0 radical (unpaired) electrons. The summed E-state index contributed by atoms with van der Waals surface area (Å²) >= 11 is 8.73. The molecule has 1 unspecified atom stereocenters. The summed E-state index contributed by atoms with van der Waals surface area (Å²) in [5, 5.41) is 5.93. The Morgan fingerprint density at radius 1 is 1.13 bits per heavy atom. The summed E-state index contributed by atoms with van der Waals surface area (Å²) in [4.78, 5) is 12.5. The van der Waals surface area contributed by atoms with Gasteiger partial charge in [-0.2, -0.15) is 0 Å². The Morgan fingerprint density at radius 2 is 1.83 bits per heavy atom. The SMILES string of the molecule is CCC(C)Oc1ccc(NC(=S)NC(=O)c2ccc(OCCC(C)C)c(Br)c2)cc1. The summed E-state index contributed by atoms with van der Waals surface area (Å²) in [6, 6.07) is 12.7. The van der Waals surface area contributed by atoms with Crippen molar-refractivity contribution in [3.8, 4) is 11.5 Å². The van der Waals surface area contributed by atoms with E-state index in [0.29, 0.717) is 23.8 Å². The van der Waals surface area contributed by atoms with Gasteiger partial charge in [0.2, 0.25) is 0 Å². The summed E-state index contributed by atoms with van der Waals surface area (Å²) in [6.45, 7) is 9.04. The Kier molecular flexibility index (Phi) is 9.59. The van der Waals surface area contributed by atoms with Gasteiger partial charge < -0.3 is 14.8 Å². The van der Waals surface area contributed by atoms with Crippen LogP contribution in [0.15, 0.2) is 46.9 Å². The topological polar surface area (TPSA) is 59.6 Å². The molecule has 0 spiro atoms. The smallest absolute Gasteiger partial charge is 0.257 e. The molecule has 0 aromatic heterocycles. The lowest BCUT2D eigenvalue weighted by atomic mass is 10.1. The van der Waals surface area contributed by atoms with Crippen LogP contribution in [0.2, 0.25) is 0 Å². The van der Waals surface area contributed by atoms with Gasteiger partial charge in [0.1, 0.15) is 11.5 Å². The molecule has 0 fully saturated rings. The number of halogens is 1. The first-order chi connectivity index (χ1) is 14.3. The van der Waals surface area contributed by atoms with Crippen molar-refractivity contribution in [2.45, 2.75) is 46.6 Å². The molecule has 0 heterocycles. The number of rotatable bonds is 9. The molecular formula is C23H29BrN2O3S. The van der Waals surface area contributed by atoms with Gasteiger partial charge in [0.25, 0.3) is 5.91 Å². The molecule has 0 aliphatic rings. The molecule has 1 amide bonds. The first kappa shape index (κ1) is 24.2. The molecule has 0 saturated carbocycles. The summed E-state index contributed by atoms with van der Waals surface area (Å²) < 4.78 is 12.2. The third-order valence-corrected chi connectivity index (χ3v) is 5.22. The van der Waals surface area contributed by atoms with E-state index in [9.17, 15) is 4.79 Å². The molecule has 0 aliphatic heterocycles. The lowest BCUT2D eigenvalue weighted by Crippen LogP contribution is -2.34. The second-order valence-electron chi connectivity index (χ2n) is 7.45. The van der Waals surface area contributed by atoms with E-state index < -0.39 is 0 Å². The molecule has 30 heavy (non-hydrogen) atoms. The van der Waals surface area contributed by atoms with E-state index in [1.165, 1.54) is 0 Å². The quantitative estimate of drug-likeness (QED) is 0.409. The fourth-order valence-corrected chi connectivity index (χ4v) is 3.14. The Balaban J connectivity index is 1.89. The molecule has 0 bridgehead atoms. The van der Waals surface area contributed by atoms with Gasteiger partial charge in [0.05, 0.1) is 17.2 Å². The molecule has 2 aromatic rings. The highest BCUT2D eigenvalue weighted by molar-refractivity contribution is 9.10. The van der Waals surface area contributed by atoms with E-state index in [0.717, 1.165) is 28.8 Å². The van der Waals surface area contributed by atoms with E-state index in [4.69, 9.17) is 21.7 Å². The van der Waals surface area contributed by atoms with Gasteiger partial charge in [-0.05, 0) is 96.3 Å². The van der Waals surface area contributed by atoms with Crippen molar-refractivity contribution in [1.29, 1.82) is 0 Å². The van der Waals surface area contributed by atoms with Crippen LogP contribution in [-0.2, 0) is 0 Å². The molecule has 162 valence electrons. The first-order valence-corrected chi connectivity index (χ1v) is 11.3. The predicted octanol–water partition coefficient (Wildman–Crippen LogP) is 6.18. The number of hydrogen-bond acceptors (Lipinski definition) is 4. The normalized spacial score (nSPS) is 11.7. The lowest BCUT2D eigenvalue weighted by Gasteiger charge is -2.14. The predicted molar refractivity (Wildman–Crippen MR) is 130 cm³/mol. The van der Waals surface area contributed by atoms with Crippen LogP contribution in [0.25, 0.3) is 0 Å². The maximum absolute atomic E-state index is 12.5. The van der Waals surface area contributed by atoms with Gasteiger partial charge in [-0.25, -0.2) is 0 Å². The molecule has 2 aromatic carbocycles. The standard InChI is InChI=1S/C23H29BrN2O3S/c1-5-16(4)29-19-9-7-18(8-10-19)25-23(30)26-22(27)17-6-11-21(20(24)14-17)28-13-12-15(2)3/h6-11,14-16H,5,12-13H2,1-4H3,(H2,25,26,27,30). The summed E-state index contributed by atoms with van der Waals surface area (Å²) in [7, 11) is 0. The molecular weight excluding hydrogens is 464 g/mol. The lowest BCUT2D eigenvalue weighted by molar-refractivity contribution is 0.0977. The molecule has 7 heteroatoms. The number of carbonyl (C=O) groups excluding carboxylic acids is 1. The van der Waals surface area contributed by atoms with Crippen LogP contribution in [-0.4, -0.2) is 23.7 Å². The van der Waals surface area contributed by atoms with Gasteiger partial charge in [0.15, 0.2) is 5.11 Å². The van der Waals surface area contributed by atoms with E-state index in [1.807, 2.05) is 31.2 Å². The Hall–Kier alpha value is -2.12. The third-order valence-electron chi connectivity index (χ3n) is 4.40. The number of carbonyl (C=O) groups is 1. The van der Waals surface area contributed by atoms with Gasteiger partial charge in [0, 0.05) is 11.3 Å². The first-order valence-electron chi connectivity index (χ1n) is 10.1. The van der Waals surface area contributed by atoms with Crippen LogP contribution in [0, 0.1) is 5.92 Å². The molecule has 0 aliphatic carbocycles. The van der Waals surface area contributed by atoms with E-state index in [2.05, 4.69) is 47.3 Å². The summed E-state index contributed by atoms with van der Waals surface area (Å²) in [5.41, 5.74) is 1.26. The number of anilines is 1. The molecule has 5 nitrogen and oxygen atoms in total. The van der Waals surface area contributed by atoms with Crippen LogP contribution >= 0.6 is 28.1 Å². The third kappa shape index (κ3) is 7.95.